The summed E-state index contributed by atoms with van der Waals surface area (Å²) in [6.07, 6.45) is 0.955. The van der Waals surface area contributed by atoms with Crippen molar-refractivity contribution >= 4 is 0 Å². The van der Waals surface area contributed by atoms with E-state index in [2.05, 4.69) is 0 Å². The molecular formula is C6H12O3. The molecule has 0 amide bonds. The summed E-state index contributed by atoms with van der Waals surface area (Å²) in [4.78, 5) is 0. The molecule has 1 heterocycles. The Bertz CT molecular complexity index is 100. The Kier molecular flexibility index (Phi) is 1.75. The summed E-state index contributed by atoms with van der Waals surface area (Å²) in [5.74, 6) is -1.33. The Morgan fingerprint density at radius 3 is 2.67 bits per heavy atom. The fraction of sp³-hybridized carbons (Fsp3) is 1.00. The molecule has 54 valence electrons. The lowest BCUT2D eigenvalue weighted by atomic mass is 10.3. The van der Waals surface area contributed by atoms with E-state index in [-0.39, 0.29) is 6.10 Å². The van der Waals surface area contributed by atoms with Crippen LogP contribution in [0.5, 0.6) is 0 Å². The highest BCUT2D eigenvalue weighted by molar-refractivity contribution is 4.63. The Morgan fingerprint density at radius 1 is 1.78 bits per heavy atom. The van der Waals surface area contributed by atoms with Crippen molar-refractivity contribution in [2.24, 2.45) is 0 Å². The van der Waals surface area contributed by atoms with Gasteiger partial charge >= 0.3 is 0 Å². The van der Waals surface area contributed by atoms with E-state index >= 15 is 0 Å². The highest BCUT2D eigenvalue weighted by Gasteiger charge is 2.33. The third kappa shape index (κ3) is 1.64. The minimum absolute atomic E-state index is 0.0694. The zero-order valence-corrected chi connectivity index (χ0v) is 5.76. The van der Waals surface area contributed by atoms with Crippen molar-refractivity contribution in [2.75, 3.05) is 6.61 Å². The van der Waals surface area contributed by atoms with Gasteiger partial charge in [-0.05, 0) is 6.42 Å². The van der Waals surface area contributed by atoms with Gasteiger partial charge in [0.15, 0.2) is 0 Å². The van der Waals surface area contributed by atoms with Crippen LogP contribution in [0.4, 0.5) is 0 Å². The molecule has 0 aromatic heterocycles. The van der Waals surface area contributed by atoms with E-state index in [1.54, 1.807) is 0 Å². The van der Waals surface area contributed by atoms with Crippen LogP contribution in [0, 0.1) is 0 Å². The second-order valence-corrected chi connectivity index (χ2v) is 2.36. The van der Waals surface area contributed by atoms with E-state index in [0.717, 1.165) is 6.42 Å². The Labute approximate surface area is 54.6 Å². The average Bonchev–Trinajstić information content (AvgIpc) is 2.10. The molecule has 1 aliphatic rings. The van der Waals surface area contributed by atoms with Crippen molar-refractivity contribution in [1.29, 1.82) is 0 Å². The fourth-order valence-electron chi connectivity index (χ4n) is 0.826. The summed E-state index contributed by atoms with van der Waals surface area (Å²) in [5, 5.41) is 9.05. The van der Waals surface area contributed by atoms with Gasteiger partial charge in [-0.3, -0.25) is 0 Å². The van der Waals surface area contributed by atoms with Gasteiger partial charge in [0, 0.05) is 6.92 Å². The van der Waals surface area contributed by atoms with E-state index in [0.29, 0.717) is 6.61 Å². The van der Waals surface area contributed by atoms with Crippen LogP contribution in [0.15, 0.2) is 0 Å². The summed E-state index contributed by atoms with van der Waals surface area (Å²) in [5.41, 5.74) is 0. The molecule has 0 radical (unpaired) electrons. The van der Waals surface area contributed by atoms with Crippen LogP contribution in [0.1, 0.15) is 20.3 Å². The topological polar surface area (TPSA) is 38.7 Å². The van der Waals surface area contributed by atoms with Gasteiger partial charge in [0.05, 0.1) is 12.7 Å². The normalized spacial score (nSPS) is 43.7. The number of hydrogen-bond acceptors (Lipinski definition) is 3. The van der Waals surface area contributed by atoms with Crippen LogP contribution in [0.2, 0.25) is 0 Å². The Hall–Kier alpha value is -0.120. The van der Waals surface area contributed by atoms with Crippen molar-refractivity contribution in [3.63, 3.8) is 0 Å². The summed E-state index contributed by atoms with van der Waals surface area (Å²) in [7, 11) is 0. The first-order valence-electron chi connectivity index (χ1n) is 3.18. The predicted molar refractivity (Wildman–Crippen MR) is 31.7 cm³/mol. The molecule has 3 heteroatoms. The van der Waals surface area contributed by atoms with Crippen molar-refractivity contribution in [2.45, 2.75) is 32.3 Å². The van der Waals surface area contributed by atoms with E-state index in [1.165, 1.54) is 6.92 Å². The molecule has 0 saturated carbocycles. The van der Waals surface area contributed by atoms with Gasteiger partial charge in [-0.1, -0.05) is 6.92 Å². The van der Waals surface area contributed by atoms with Crippen LogP contribution in [0.3, 0.4) is 0 Å². The van der Waals surface area contributed by atoms with Crippen molar-refractivity contribution in [3.8, 4) is 0 Å². The third-order valence-corrected chi connectivity index (χ3v) is 1.38. The van der Waals surface area contributed by atoms with Gasteiger partial charge in [-0.25, -0.2) is 0 Å². The maximum atomic E-state index is 9.05. The van der Waals surface area contributed by atoms with Gasteiger partial charge in [0.2, 0.25) is 0 Å². The SMILES string of the molecule is CCC1COC(C)(O)O1. The second kappa shape index (κ2) is 2.25. The zero-order chi connectivity index (χ0) is 6.91. The van der Waals surface area contributed by atoms with Gasteiger partial charge in [-0.2, -0.15) is 0 Å². The summed E-state index contributed by atoms with van der Waals surface area (Å²) < 4.78 is 9.91. The maximum absolute atomic E-state index is 9.05. The highest BCUT2D eigenvalue weighted by atomic mass is 16.8. The Balaban J connectivity index is 2.38. The lowest BCUT2D eigenvalue weighted by Gasteiger charge is -2.14. The van der Waals surface area contributed by atoms with Crippen LogP contribution in [-0.4, -0.2) is 23.8 Å². The molecule has 1 fully saturated rings. The van der Waals surface area contributed by atoms with Crippen LogP contribution >= 0.6 is 0 Å². The third-order valence-electron chi connectivity index (χ3n) is 1.38. The Morgan fingerprint density at radius 2 is 2.44 bits per heavy atom. The van der Waals surface area contributed by atoms with Crippen molar-refractivity contribution < 1.29 is 14.6 Å². The van der Waals surface area contributed by atoms with E-state index in [9.17, 15) is 0 Å². The minimum Gasteiger partial charge on any atom is -0.344 e. The minimum atomic E-state index is -1.33. The summed E-state index contributed by atoms with van der Waals surface area (Å²) in [6, 6.07) is 0. The second-order valence-electron chi connectivity index (χ2n) is 2.36. The maximum Gasteiger partial charge on any atom is 0.277 e. The van der Waals surface area contributed by atoms with Crippen LogP contribution in [0.25, 0.3) is 0 Å². The van der Waals surface area contributed by atoms with E-state index in [1.807, 2.05) is 6.92 Å². The fourth-order valence-corrected chi connectivity index (χ4v) is 0.826. The molecule has 1 saturated heterocycles. The zero-order valence-electron chi connectivity index (χ0n) is 5.76. The molecule has 1 rings (SSSR count). The number of hydrogen-bond donors (Lipinski definition) is 1. The largest absolute Gasteiger partial charge is 0.344 e. The molecule has 3 nitrogen and oxygen atoms in total. The van der Waals surface area contributed by atoms with Crippen LogP contribution in [-0.2, 0) is 9.47 Å². The van der Waals surface area contributed by atoms with Gasteiger partial charge in [-0.15, -0.1) is 0 Å². The van der Waals surface area contributed by atoms with E-state index in [4.69, 9.17) is 14.6 Å². The van der Waals surface area contributed by atoms with Crippen LogP contribution < -0.4 is 0 Å². The lowest BCUT2D eigenvalue weighted by Crippen LogP contribution is -2.25. The lowest BCUT2D eigenvalue weighted by molar-refractivity contribution is -0.298. The molecular weight excluding hydrogens is 120 g/mol. The van der Waals surface area contributed by atoms with Gasteiger partial charge < -0.3 is 14.6 Å². The van der Waals surface area contributed by atoms with E-state index < -0.39 is 5.97 Å². The monoisotopic (exact) mass is 132 g/mol. The molecule has 0 aromatic carbocycles. The summed E-state index contributed by atoms with van der Waals surface area (Å²) >= 11 is 0. The van der Waals surface area contributed by atoms with Gasteiger partial charge in [0.25, 0.3) is 5.97 Å². The number of ether oxygens (including phenoxy) is 2. The van der Waals surface area contributed by atoms with Crippen molar-refractivity contribution in [1.82, 2.24) is 0 Å². The first-order chi connectivity index (χ1) is 4.14. The first-order valence-corrected chi connectivity index (χ1v) is 3.18. The molecule has 1 aliphatic heterocycles. The highest BCUT2D eigenvalue weighted by Crippen LogP contribution is 2.21. The first kappa shape index (κ1) is 6.99. The average molecular weight is 132 g/mol. The number of aliphatic hydroxyl groups is 1. The molecule has 0 aromatic rings. The standard InChI is InChI=1S/C6H12O3/c1-3-5-4-8-6(2,7)9-5/h5,7H,3-4H2,1-2H3. The molecule has 9 heavy (non-hydrogen) atoms. The molecule has 2 atom stereocenters. The molecule has 0 aliphatic carbocycles. The molecule has 0 bridgehead atoms. The smallest absolute Gasteiger partial charge is 0.277 e. The van der Waals surface area contributed by atoms with Gasteiger partial charge in [0.1, 0.15) is 0 Å². The quantitative estimate of drug-likeness (QED) is 0.564. The molecule has 1 N–H and O–H groups in total. The molecule has 2 unspecified atom stereocenters. The molecule has 0 spiro atoms. The number of rotatable bonds is 1. The summed E-state index contributed by atoms with van der Waals surface area (Å²) in [6.45, 7) is 4.00. The van der Waals surface area contributed by atoms with Crippen molar-refractivity contribution in [3.05, 3.63) is 0 Å². The predicted octanol–water partition coefficient (Wildman–Crippen LogP) is 0.478.